The molecule has 312 valence electrons. The topological polar surface area (TPSA) is 66.0 Å². The van der Waals surface area contributed by atoms with E-state index in [1.807, 2.05) is 10.6 Å². The lowest BCUT2D eigenvalue weighted by molar-refractivity contribution is -0.137. The number of alkyl halides is 3. The number of nitrogens with zero attached hydrogens (tertiary/aromatic N) is 3. The molecule has 6 nitrogen and oxygen atoms in total. The van der Waals surface area contributed by atoms with Crippen LogP contribution in [0.3, 0.4) is 0 Å². The lowest BCUT2D eigenvalue weighted by Crippen LogP contribution is -2.40. The number of aryl methyl sites for hydroxylation is 3. The summed E-state index contributed by atoms with van der Waals surface area (Å²) in [6, 6.07) is 11.3. The van der Waals surface area contributed by atoms with Crippen molar-refractivity contribution >= 4 is 0 Å². The van der Waals surface area contributed by atoms with Gasteiger partial charge < -0.3 is 13.7 Å². The van der Waals surface area contributed by atoms with E-state index in [4.69, 9.17) is 0 Å². The third kappa shape index (κ3) is 7.20. The Hall–Kier alpha value is -4.14. The quantitative estimate of drug-likeness (QED) is 0.169. The molecule has 0 amide bonds. The largest absolute Gasteiger partial charge is 0.416 e. The Kier molecular flexibility index (Phi) is 9.98. The van der Waals surface area contributed by atoms with E-state index in [9.17, 15) is 27.6 Å². The van der Waals surface area contributed by atoms with Crippen molar-refractivity contribution in [3.05, 3.63) is 113 Å². The van der Waals surface area contributed by atoms with Gasteiger partial charge in [0.25, 0.3) is 16.7 Å². The van der Waals surface area contributed by atoms with Gasteiger partial charge in [0.05, 0.1) is 16.7 Å². The minimum atomic E-state index is -4.49. The molecule has 0 saturated heterocycles. The number of aromatic nitrogens is 3. The summed E-state index contributed by atoms with van der Waals surface area (Å²) >= 11 is 0. The van der Waals surface area contributed by atoms with E-state index in [1.54, 1.807) is 6.07 Å². The lowest BCUT2D eigenvalue weighted by atomic mass is 9.69. The number of rotatable bonds is 9. The zero-order valence-electron chi connectivity index (χ0n) is 34.6. The highest BCUT2D eigenvalue weighted by atomic mass is 19.4. The first-order valence-corrected chi connectivity index (χ1v) is 22.9. The summed E-state index contributed by atoms with van der Waals surface area (Å²) in [5.41, 5.74) is 7.82. The van der Waals surface area contributed by atoms with Crippen molar-refractivity contribution in [2.24, 2.45) is 29.1 Å². The molecule has 3 saturated carbocycles. The van der Waals surface area contributed by atoms with Crippen molar-refractivity contribution in [3.8, 4) is 22.3 Å². The smallest absolute Gasteiger partial charge is 0.312 e. The van der Waals surface area contributed by atoms with Crippen LogP contribution in [0.25, 0.3) is 22.3 Å². The van der Waals surface area contributed by atoms with Crippen LogP contribution in [-0.4, -0.2) is 13.7 Å². The Morgan fingerprint density at radius 3 is 1.66 bits per heavy atom. The number of benzene rings is 1. The number of hydrogen-bond donors (Lipinski definition) is 0. The van der Waals surface area contributed by atoms with E-state index in [0.29, 0.717) is 59.0 Å². The molecular weight excluding hydrogens is 748 g/mol. The molecule has 10 rings (SSSR count). The van der Waals surface area contributed by atoms with Crippen LogP contribution in [0, 0.1) is 29.1 Å². The SMILES string of the molecule is CC1(Cn2c3c(cc(-c4cccc(C(F)(F)F)c4)c2=O)CCC(C2CCc4cc(-c5cc6c(n(CC7CCC7)c5=O)CCCC6)c(=O)n(CC5CCC5)c4C2)C3)CCC1. The average Bonchev–Trinajstić information content (AvgIpc) is 3.18. The summed E-state index contributed by atoms with van der Waals surface area (Å²) in [4.78, 5) is 43.8. The van der Waals surface area contributed by atoms with Crippen molar-refractivity contribution < 1.29 is 13.2 Å². The van der Waals surface area contributed by atoms with Gasteiger partial charge in [-0.2, -0.15) is 13.2 Å². The van der Waals surface area contributed by atoms with Gasteiger partial charge in [0.1, 0.15) is 0 Å². The molecular formula is C50H58F3N3O3. The van der Waals surface area contributed by atoms with E-state index < -0.39 is 11.7 Å². The molecule has 0 radical (unpaired) electrons. The molecule has 3 fully saturated rings. The molecule has 3 aromatic heterocycles. The van der Waals surface area contributed by atoms with Crippen LogP contribution in [0.15, 0.2) is 56.8 Å². The van der Waals surface area contributed by atoms with Crippen LogP contribution in [0.5, 0.6) is 0 Å². The zero-order chi connectivity index (χ0) is 40.6. The second-order valence-electron chi connectivity index (χ2n) is 19.9. The highest BCUT2D eigenvalue weighted by Gasteiger charge is 2.38. The van der Waals surface area contributed by atoms with Gasteiger partial charge in [0.15, 0.2) is 0 Å². The summed E-state index contributed by atoms with van der Waals surface area (Å²) in [6.45, 7) is 4.28. The number of pyridine rings is 3. The summed E-state index contributed by atoms with van der Waals surface area (Å²) in [5, 5.41) is 0. The normalized spacial score (nSPS) is 22.7. The monoisotopic (exact) mass is 805 g/mol. The molecule has 1 aromatic carbocycles. The molecule has 0 N–H and O–H groups in total. The average molecular weight is 806 g/mol. The van der Waals surface area contributed by atoms with E-state index >= 15 is 0 Å². The molecule has 6 aliphatic carbocycles. The van der Waals surface area contributed by atoms with Crippen LogP contribution >= 0.6 is 0 Å². The molecule has 2 atom stereocenters. The molecule has 3 heterocycles. The fourth-order valence-electron chi connectivity index (χ4n) is 11.7. The third-order valence-electron chi connectivity index (χ3n) is 16.0. The van der Waals surface area contributed by atoms with E-state index in [2.05, 4.69) is 28.2 Å². The van der Waals surface area contributed by atoms with Crippen LogP contribution in [0.4, 0.5) is 13.2 Å². The van der Waals surface area contributed by atoms with Gasteiger partial charge in [-0.25, -0.2) is 0 Å². The van der Waals surface area contributed by atoms with Gasteiger partial charge in [0.2, 0.25) is 0 Å². The van der Waals surface area contributed by atoms with Gasteiger partial charge in [-0.15, -0.1) is 0 Å². The van der Waals surface area contributed by atoms with Crippen molar-refractivity contribution in [2.75, 3.05) is 0 Å². The second-order valence-corrected chi connectivity index (χ2v) is 19.9. The van der Waals surface area contributed by atoms with Crippen LogP contribution < -0.4 is 16.7 Å². The van der Waals surface area contributed by atoms with Gasteiger partial charge in [-0.3, -0.25) is 14.4 Å². The fraction of sp³-hybridized carbons (Fsp3) is 0.580. The van der Waals surface area contributed by atoms with E-state index in [1.165, 1.54) is 48.6 Å². The Balaban J connectivity index is 0.996. The van der Waals surface area contributed by atoms with Crippen molar-refractivity contribution in [1.29, 1.82) is 0 Å². The Morgan fingerprint density at radius 1 is 0.593 bits per heavy atom. The van der Waals surface area contributed by atoms with Crippen LogP contribution in [0.1, 0.15) is 130 Å². The fourth-order valence-corrected chi connectivity index (χ4v) is 11.7. The second kappa shape index (κ2) is 15.1. The van der Waals surface area contributed by atoms with Crippen LogP contribution in [-0.2, 0) is 64.3 Å². The van der Waals surface area contributed by atoms with E-state index in [0.717, 1.165) is 132 Å². The molecule has 9 heteroatoms. The van der Waals surface area contributed by atoms with Crippen molar-refractivity contribution in [1.82, 2.24) is 13.7 Å². The number of halogens is 3. The lowest BCUT2D eigenvalue weighted by Gasteiger charge is -2.41. The Bertz CT molecular complexity index is 2480. The van der Waals surface area contributed by atoms with Crippen molar-refractivity contribution in [2.45, 2.75) is 155 Å². The minimum absolute atomic E-state index is 0.00542. The Morgan fingerprint density at radius 2 is 1.12 bits per heavy atom. The zero-order valence-corrected chi connectivity index (χ0v) is 34.6. The maximum absolute atomic E-state index is 14.9. The first-order chi connectivity index (χ1) is 28.4. The number of fused-ring (bicyclic) bond motifs is 3. The maximum Gasteiger partial charge on any atom is 0.416 e. The maximum atomic E-state index is 14.9. The van der Waals surface area contributed by atoms with Gasteiger partial charge in [-0.05, 0) is 184 Å². The molecule has 0 aliphatic heterocycles. The molecule has 6 aliphatic rings. The predicted octanol–water partition coefficient (Wildman–Crippen LogP) is 10.1. The first-order valence-electron chi connectivity index (χ1n) is 22.9. The highest BCUT2D eigenvalue weighted by Crippen LogP contribution is 2.44. The third-order valence-corrected chi connectivity index (χ3v) is 16.0. The van der Waals surface area contributed by atoms with Gasteiger partial charge >= 0.3 is 6.18 Å². The van der Waals surface area contributed by atoms with Crippen molar-refractivity contribution in [3.63, 3.8) is 0 Å². The molecule has 59 heavy (non-hydrogen) atoms. The van der Waals surface area contributed by atoms with Gasteiger partial charge in [-0.1, -0.05) is 38.3 Å². The van der Waals surface area contributed by atoms with E-state index in [-0.39, 0.29) is 22.1 Å². The standard InChI is InChI=1S/C50H58F3N3O3/c1-49(20-7-21-49)30-56-45-27-34(16-18-37(45)23-40(46(56)57)35-13-6-14-39(22-35)50(51,52)53)33-17-19-38-25-42(48(59)55(44(38)26-33)29-32-10-5-11-32)41-24-36-12-2-3-15-43(36)54(47(41)58)28-31-8-4-9-31/h6,13-14,22-25,31-34H,2-5,7-12,15-21,26-30H2,1H3. The Labute approximate surface area is 344 Å². The molecule has 4 aromatic rings. The molecule has 2 unspecified atom stereocenters. The molecule has 0 spiro atoms. The summed E-state index contributed by atoms with van der Waals surface area (Å²) in [6.07, 6.45) is 14.9. The van der Waals surface area contributed by atoms with Gasteiger partial charge in [0, 0.05) is 42.3 Å². The number of hydrogen-bond acceptors (Lipinski definition) is 3. The molecule has 0 bridgehead atoms. The summed E-state index contributed by atoms with van der Waals surface area (Å²) in [7, 11) is 0. The predicted molar refractivity (Wildman–Crippen MR) is 226 cm³/mol. The summed E-state index contributed by atoms with van der Waals surface area (Å²) < 4.78 is 47.4. The highest BCUT2D eigenvalue weighted by molar-refractivity contribution is 5.66. The van der Waals surface area contributed by atoms with Crippen LogP contribution in [0.2, 0.25) is 0 Å². The first kappa shape index (κ1) is 39.0. The summed E-state index contributed by atoms with van der Waals surface area (Å²) in [5.74, 6) is 1.68. The minimum Gasteiger partial charge on any atom is -0.312 e.